The normalized spacial score (nSPS) is 21.1. The van der Waals surface area contributed by atoms with Crippen LogP contribution in [0.15, 0.2) is 42.7 Å². The summed E-state index contributed by atoms with van der Waals surface area (Å²) in [5, 5.41) is 7.44. The van der Waals surface area contributed by atoms with Gasteiger partial charge in [-0.2, -0.15) is 5.10 Å². The van der Waals surface area contributed by atoms with Gasteiger partial charge in [0.1, 0.15) is 0 Å². The summed E-state index contributed by atoms with van der Waals surface area (Å²) in [6.45, 7) is 1.31. The molecule has 5 nitrogen and oxygen atoms in total. The number of carbonyl (C=O) groups is 1. The summed E-state index contributed by atoms with van der Waals surface area (Å²) >= 11 is 0. The van der Waals surface area contributed by atoms with Crippen molar-refractivity contribution in [1.29, 1.82) is 0 Å². The molecule has 1 aliphatic rings. The average molecular weight is 312 g/mol. The van der Waals surface area contributed by atoms with Crippen molar-refractivity contribution in [1.82, 2.24) is 15.1 Å². The summed E-state index contributed by atoms with van der Waals surface area (Å²) in [5.74, 6) is 0.349. The van der Waals surface area contributed by atoms with Crippen LogP contribution in [-0.2, 0) is 6.54 Å². The fraction of sp³-hybridized carbons (Fsp3) is 0.444. The molecule has 1 aromatic carbocycles. The summed E-state index contributed by atoms with van der Waals surface area (Å²) in [4.78, 5) is 12.4. The number of nitrogens with zero attached hydrogens (tertiary/aromatic N) is 2. The Balaban J connectivity index is 1.62. The van der Waals surface area contributed by atoms with E-state index < -0.39 is 0 Å². The van der Waals surface area contributed by atoms with Crippen molar-refractivity contribution in [3.05, 3.63) is 53.9 Å². The topological polar surface area (TPSA) is 72.9 Å². The molecular formula is C18H24N4O. The van der Waals surface area contributed by atoms with E-state index in [9.17, 15) is 4.79 Å². The van der Waals surface area contributed by atoms with Crippen LogP contribution >= 0.6 is 0 Å². The Kier molecular flexibility index (Phi) is 5.08. The SMILES string of the molecule is NCC1CCCCC1NC(=O)c1cnn(Cc2ccccc2)c1. The van der Waals surface area contributed by atoms with Gasteiger partial charge in [0.15, 0.2) is 0 Å². The molecule has 2 aromatic rings. The highest BCUT2D eigenvalue weighted by Gasteiger charge is 2.25. The monoisotopic (exact) mass is 312 g/mol. The lowest BCUT2D eigenvalue weighted by Crippen LogP contribution is -2.44. The van der Waals surface area contributed by atoms with Gasteiger partial charge < -0.3 is 11.1 Å². The third kappa shape index (κ3) is 3.99. The lowest BCUT2D eigenvalue weighted by molar-refractivity contribution is 0.0908. The zero-order chi connectivity index (χ0) is 16.1. The molecule has 1 amide bonds. The predicted octanol–water partition coefficient (Wildman–Crippen LogP) is 2.18. The lowest BCUT2D eigenvalue weighted by atomic mass is 9.84. The molecule has 5 heteroatoms. The van der Waals surface area contributed by atoms with E-state index in [0.717, 1.165) is 24.8 Å². The molecule has 0 saturated heterocycles. The van der Waals surface area contributed by atoms with E-state index >= 15 is 0 Å². The summed E-state index contributed by atoms with van der Waals surface area (Å²) in [6.07, 6.45) is 7.94. The van der Waals surface area contributed by atoms with Gasteiger partial charge in [-0.25, -0.2) is 0 Å². The average Bonchev–Trinajstić information content (AvgIpc) is 3.05. The maximum absolute atomic E-state index is 12.4. The molecule has 1 aromatic heterocycles. The van der Waals surface area contributed by atoms with Crippen LogP contribution in [0.2, 0.25) is 0 Å². The molecule has 2 unspecified atom stereocenters. The quantitative estimate of drug-likeness (QED) is 0.889. The van der Waals surface area contributed by atoms with E-state index in [0.29, 0.717) is 24.6 Å². The smallest absolute Gasteiger partial charge is 0.254 e. The maximum Gasteiger partial charge on any atom is 0.254 e. The standard InChI is InChI=1S/C18H24N4O/c19-10-15-8-4-5-9-17(15)21-18(23)16-11-20-22(13-16)12-14-6-2-1-3-7-14/h1-3,6-7,11,13,15,17H,4-5,8-10,12,19H2,(H,21,23). The van der Waals surface area contributed by atoms with E-state index in [4.69, 9.17) is 5.73 Å². The zero-order valence-electron chi connectivity index (χ0n) is 13.3. The van der Waals surface area contributed by atoms with Crippen molar-refractivity contribution >= 4 is 5.91 Å². The van der Waals surface area contributed by atoms with Crippen molar-refractivity contribution in [3.8, 4) is 0 Å². The van der Waals surface area contributed by atoms with Crippen LogP contribution in [0.5, 0.6) is 0 Å². The summed E-state index contributed by atoms with van der Waals surface area (Å²) in [6, 6.07) is 10.3. The van der Waals surface area contributed by atoms with Gasteiger partial charge in [-0.05, 0) is 30.9 Å². The Morgan fingerprint density at radius 3 is 2.83 bits per heavy atom. The Morgan fingerprint density at radius 2 is 2.04 bits per heavy atom. The van der Waals surface area contributed by atoms with Gasteiger partial charge >= 0.3 is 0 Å². The predicted molar refractivity (Wildman–Crippen MR) is 90.0 cm³/mol. The molecule has 3 rings (SSSR count). The fourth-order valence-electron chi connectivity index (χ4n) is 3.27. The molecule has 1 saturated carbocycles. The molecule has 0 spiro atoms. The highest BCUT2D eigenvalue weighted by Crippen LogP contribution is 2.23. The fourth-order valence-corrected chi connectivity index (χ4v) is 3.27. The Labute approximate surface area is 136 Å². The van der Waals surface area contributed by atoms with Crippen LogP contribution < -0.4 is 11.1 Å². The molecule has 0 radical (unpaired) electrons. The summed E-state index contributed by atoms with van der Waals surface area (Å²) < 4.78 is 1.80. The Hall–Kier alpha value is -2.14. The Morgan fingerprint density at radius 1 is 1.26 bits per heavy atom. The maximum atomic E-state index is 12.4. The molecule has 1 heterocycles. The molecule has 122 valence electrons. The van der Waals surface area contributed by atoms with Crippen LogP contribution in [0.25, 0.3) is 0 Å². The summed E-state index contributed by atoms with van der Waals surface area (Å²) in [7, 11) is 0. The van der Waals surface area contributed by atoms with Crippen molar-refractivity contribution in [2.45, 2.75) is 38.3 Å². The van der Waals surface area contributed by atoms with Gasteiger partial charge in [0.2, 0.25) is 0 Å². The van der Waals surface area contributed by atoms with Gasteiger partial charge in [0.25, 0.3) is 5.91 Å². The van der Waals surface area contributed by atoms with Crippen molar-refractivity contribution in [2.24, 2.45) is 11.7 Å². The molecule has 0 aliphatic heterocycles. The van der Waals surface area contributed by atoms with Gasteiger partial charge in [-0.1, -0.05) is 43.2 Å². The second kappa shape index (κ2) is 7.42. The van der Waals surface area contributed by atoms with E-state index in [1.165, 1.54) is 6.42 Å². The van der Waals surface area contributed by atoms with E-state index in [2.05, 4.69) is 22.5 Å². The second-order valence-electron chi connectivity index (χ2n) is 6.27. The van der Waals surface area contributed by atoms with Crippen LogP contribution in [0.1, 0.15) is 41.6 Å². The first-order valence-corrected chi connectivity index (χ1v) is 8.33. The van der Waals surface area contributed by atoms with Crippen LogP contribution in [0.3, 0.4) is 0 Å². The highest BCUT2D eigenvalue weighted by molar-refractivity contribution is 5.93. The molecule has 3 N–H and O–H groups in total. The number of benzene rings is 1. The molecule has 23 heavy (non-hydrogen) atoms. The molecule has 0 bridgehead atoms. The zero-order valence-corrected chi connectivity index (χ0v) is 13.3. The number of hydrogen-bond acceptors (Lipinski definition) is 3. The second-order valence-corrected chi connectivity index (χ2v) is 6.27. The molecule has 1 fully saturated rings. The number of rotatable bonds is 5. The van der Waals surface area contributed by atoms with Crippen molar-refractivity contribution in [2.75, 3.05) is 6.54 Å². The minimum Gasteiger partial charge on any atom is -0.349 e. The van der Waals surface area contributed by atoms with Gasteiger partial charge in [-0.15, -0.1) is 0 Å². The molecule has 2 atom stereocenters. The van der Waals surface area contributed by atoms with Crippen LogP contribution in [0.4, 0.5) is 0 Å². The van der Waals surface area contributed by atoms with E-state index in [1.807, 2.05) is 24.4 Å². The van der Waals surface area contributed by atoms with E-state index in [-0.39, 0.29) is 11.9 Å². The van der Waals surface area contributed by atoms with Crippen molar-refractivity contribution < 1.29 is 4.79 Å². The first kappa shape index (κ1) is 15.7. The Bertz CT molecular complexity index is 637. The number of amides is 1. The minimum atomic E-state index is -0.0466. The van der Waals surface area contributed by atoms with E-state index in [1.54, 1.807) is 10.9 Å². The molecular weight excluding hydrogens is 288 g/mol. The first-order chi connectivity index (χ1) is 11.3. The lowest BCUT2D eigenvalue weighted by Gasteiger charge is -2.31. The van der Waals surface area contributed by atoms with Crippen LogP contribution in [0, 0.1) is 5.92 Å². The third-order valence-corrected chi connectivity index (χ3v) is 4.61. The summed E-state index contributed by atoms with van der Waals surface area (Å²) in [5.41, 5.74) is 7.61. The van der Waals surface area contributed by atoms with Crippen LogP contribution in [-0.4, -0.2) is 28.3 Å². The van der Waals surface area contributed by atoms with Gasteiger partial charge in [0, 0.05) is 12.2 Å². The number of hydrogen-bond donors (Lipinski definition) is 2. The van der Waals surface area contributed by atoms with Gasteiger partial charge in [0.05, 0.1) is 18.3 Å². The van der Waals surface area contributed by atoms with Gasteiger partial charge in [-0.3, -0.25) is 9.48 Å². The first-order valence-electron chi connectivity index (χ1n) is 8.33. The number of nitrogens with two attached hydrogens (primary N) is 1. The largest absolute Gasteiger partial charge is 0.349 e. The van der Waals surface area contributed by atoms with Crippen molar-refractivity contribution in [3.63, 3.8) is 0 Å². The number of nitrogens with one attached hydrogen (secondary N) is 1. The highest BCUT2D eigenvalue weighted by atomic mass is 16.1. The number of aromatic nitrogens is 2. The molecule has 1 aliphatic carbocycles. The minimum absolute atomic E-state index is 0.0466. The third-order valence-electron chi connectivity index (χ3n) is 4.61. The number of carbonyl (C=O) groups excluding carboxylic acids is 1.